The van der Waals surface area contributed by atoms with E-state index < -0.39 is 0 Å². The van der Waals surface area contributed by atoms with Crippen molar-refractivity contribution in [2.45, 2.75) is 19.9 Å². The maximum Gasteiger partial charge on any atom is 0.0788 e. The van der Waals surface area contributed by atoms with Crippen molar-refractivity contribution in [3.05, 3.63) is 53.5 Å². The molecule has 0 unspecified atom stereocenters. The summed E-state index contributed by atoms with van der Waals surface area (Å²) >= 11 is 1.85. The van der Waals surface area contributed by atoms with Crippen molar-refractivity contribution in [1.82, 2.24) is 10.3 Å². The Morgan fingerprint density at radius 3 is 2.90 bits per heavy atom. The lowest BCUT2D eigenvalue weighted by Gasteiger charge is -2.03. The van der Waals surface area contributed by atoms with Gasteiger partial charge in [0.25, 0.3) is 0 Å². The van der Waals surface area contributed by atoms with Gasteiger partial charge in [0.15, 0.2) is 0 Å². The molecule has 0 atom stereocenters. The number of para-hydroxylation sites is 1. The van der Waals surface area contributed by atoms with Gasteiger partial charge < -0.3 is 5.32 Å². The first-order valence-corrected chi connectivity index (χ1v) is 7.83. The summed E-state index contributed by atoms with van der Waals surface area (Å²) in [6, 6.07) is 14.9. The van der Waals surface area contributed by atoms with Crippen molar-refractivity contribution >= 4 is 22.2 Å². The smallest absolute Gasteiger partial charge is 0.0788 e. The molecule has 0 spiro atoms. The molecule has 3 rings (SSSR count). The normalized spacial score (nSPS) is 11.1. The third-order valence-electron chi connectivity index (χ3n) is 3.29. The van der Waals surface area contributed by atoms with Crippen LogP contribution in [0.3, 0.4) is 0 Å². The van der Waals surface area contributed by atoms with E-state index >= 15 is 0 Å². The standard InChI is InChI=1S/C17H18N2S/c1-2-10-18-12-14-8-9-16(20-14)15-7-3-5-13-6-4-11-19-17(13)15/h3-9,11,18H,2,10,12H2,1H3. The largest absolute Gasteiger partial charge is 0.312 e. The number of benzene rings is 1. The van der Waals surface area contributed by atoms with Crippen LogP contribution in [-0.4, -0.2) is 11.5 Å². The number of fused-ring (bicyclic) bond motifs is 1. The first kappa shape index (κ1) is 13.3. The van der Waals surface area contributed by atoms with Gasteiger partial charge in [-0.1, -0.05) is 31.2 Å². The van der Waals surface area contributed by atoms with Crippen LogP contribution in [0.4, 0.5) is 0 Å². The highest BCUT2D eigenvalue weighted by Gasteiger charge is 2.07. The van der Waals surface area contributed by atoms with Crippen LogP contribution in [0.5, 0.6) is 0 Å². The third kappa shape index (κ3) is 2.74. The summed E-state index contributed by atoms with van der Waals surface area (Å²) in [5.74, 6) is 0. The van der Waals surface area contributed by atoms with Gasteiger partial charge in [-0.3, -0.25) is 4.98 Å². The second-order valence-corrected chi connectivity index (χ2v) is 5.99. The Hall–Kier alpha value is -1.71. The van der Waals surface area contributed by atoms with Gasteiger partial charge in [-0.25, -0.2) is 0 Å². The van der Waals surface area contributed by atoms with Crippen LogP contribution in [0.15, 0.2) is 48.7 Å². The number of pyridine rings is 1. The Morgan fingerprint density at radius 2 is 2.00 bits per heavy atom. The predicted octanol–water partition coefficient (Wildman–Crippen LogP) is 4.46. The van der Waals surface area contributed by atoms with E-state index in [1.165, 1.54) is 27.1 Å². The average Bonchev–Trinajstić information content (AvgIpc) is 2.96. The zero-order chi connectivity index (χ0) is 13.8. The van der Waals surface area contributed by atoms with Crippen LogP contribution < -0.4 is 5.32 Å². The SMILES string of the molecule is CCCNCc1ccc(-c2cccc3cccnc23)s1. The summed E-state index contributed by atoms with van der Waals surface area (Å²) in [6.07, 6.45) is 3.04. The van der Waals surface area contributed by atoms with Gasteiger partial charge in [0, 0.05) is 33.4 Å². The van der Waals surface area contributed by atoms with Crippen LogP contribution in [0, 0.1) is 0 Å². The maximum atomic E-state index is 4.53. The summed E-state index contributed by atoms with van der Waals surface area (Å²) in [5, 5.41) is 4.65. The Balaban J connectivity index is 1.91. The van der Waals surface area contributed by atoms with Gasteiger partial charge in [-0.05, 0) is 31.2 Å². The van der Waals surface area contributed by atoms with Gasteiger partial charge in [0.05, 0.1) is 5.52 Å². The molecule has 2 heterocycles. The lowest BCUT2D eigenvalue weighted by Crippen LogP contribution is -2.12. The van der Waals surface area contributed by atoms with Gasteiger partial charge in [-0.15, -0.1) is 11.3 Å². The summed E-state index contributed by atoms with van der Waals surface area (Å²) < 4.78 is 0. The molecule has 0 radical (unpaired) electrons. The second-order valence-electron chi connectivity index (χ2n) is 4.82. The minimum Gasteiger partial charge on any atom is -0.312 e. The lowest BCUT2D eigenvalue weighted by molar-refractivity contribution is 0.681. The van der Waals surface area contributed by atoms with Crippen molar-refractivity contribution in [1.29, 1.82) is 0 Å². The van der Waals surface area contributed by atoms with Crippen LogP contribution in [0.25, 0.3) is 21.3 Å². The highest BCUT2D eigenvalue weighted by atomic mass is 32.1. The fourth-order valence-corrected chi connectivity index (χ4v) is 3.31. The molecule has 0 saturated carbocycles. The van der Waals surface area contributed by atoms with E-state index in [9.17, 15) is 0 Å². The summed E-state index contributed by atoms with van der Waals surface area (Å²) in [4.78, 5) is 7.20. The highest BCUT2D eigenvalue weighted by molar-refractivity contribution is 7.15. The number of thiophene rings is 1. The predicted molar refractivity (Wildman–Crippen MR) is 87.1 cm³/mol. The van der Waals surface area contributed by atoms with Gasteiger partial charge >= 0.3 is 0 Å². The van der Waals surface area contributed by atoms with E-state index in [4.69, 9.17) is 0 Å². The van der Waals surface area contributed by atoms with Crippen LogP contribution in [0.2, 0.25) is 0 Å². The van der Waals surface area contributed by atoms with Crippen molar-refractivity contribution in [2.75, 3.05) is 6.54 Å². The minimum atomic E-state index is 0.955. The number of aromatic nitrogens is 1. The minimum absolute atomic E-state index is 0.955. The molecule has 0 aliphatic heterocycles. The van der Waals surface area contributed by atoms with Gasteiger partial charge in [0.2, 0.25) is 0 Å². The molecule has 20 heavy (non-hydrogen) atoms. The van der Waals surface area contributed by atoms with E-state index in [0.29, 0.717) is 0 Å². The van der Waals surface area contributed by atoms with Crippen molar-refractivity contribution in [2.24, 2.45) is 0 Å². The number of rotatable bonds is 5. The number of hydrogen-bond donors (Lipinski definition) is 1. The molecule has 3 heteroatoms. The molecule has 3 aromatic rings. The van der Waals surface area contributed by atoms with E-state index in [1.54, 1.807) is 0 Å². The van der Waals surface area contributed by atoms with Crippen LogP contribution in [0.1, 0.15) is 18.2 Å². The molecule has 0 fully saturated rings. The van der Waals surface area contributed by atoms with Gasteiger partial charge in [0.1, 0.15) is 0 Å². The molecule has 2 nitrogen and oxygen atoms in total. The van der Waals surface area contributed by atoms with Crippen molar-refractivity contribution in [3.63, 3.8) is 0 Å². The van der Waals surface area contributed by atoms with Crippen LogP contribution >= 0.6 is 11.3 Å². The fraction of sp³-hybridized carbons (Fsp3) is 0.235. The summed E-state index contributed by atoms with van der Waals surface area (Å²) in [7, 11) is 0. The first-order chi connectivity index (χ1) is 9.88. The molecular weight excluding hydrogens is 264 g/mol. The molecule has 1 N–H and O–H groups in total. The van der Waals surface area contributed by atoms with E-state index in [0.717, 1.165) is 18.6 Å². The molecule has 102 valence electrons. The maximum absolute atomic E-state index is 4.53. The number of nitrogens with one attached hydrogen (secondary N) is 1. The van der Waals surface area contributed by atoms with Crippen molar-refractivity contribution in [3.8, 4) is 10.4 Å². The van der Waals surface area contributed by atoms with Gasteiger partial charge in [-0.2, -0.15) is 0 Å². The average molecular weight is 282 g/mol. The van der Waals surface area contributed by atoms with Crippen molar-refractivity contribution < 1.29 is 0 Å². The monoisotopic (exact) mass is 282 g/mol. The zero-order valence-corrected chi connectivity index (χ0v) is 12.4. The third-order valence-corrected chi connectivity index (χ3v) is 4.40. The zero-order valence-electron chi connectivity index (χ0n) is 11.6. The summed E-state index contributed by atoms with van der Waals surface area (Å²) in [6.45, 7) is 4.22. The molecule has 0 saturated heterocycles. The molecule has 1 aromatic carbocycles. The topological polar surface area (TPSA) is 24.9 Å². The molecule has 0 bridgehead atoms. The Bertz CT molecular complexity index is 698. The summed E-state index contributed by atoms with van der Waals surface area (Å²) in [5.41, 5.74) is 2.32. The van der Waals surface area contributed by atoms with E-state index in [1.807, 2.05) is 23.6 Å². The highest BCUT2D eigenvalue weighted by Crippen LogP contribution is 2.32. The van der Waals surface area contributed by atoms with E-state index in [-0.39, 0.29) is 0 Å². The molecule has 0 aliphatic rings. The first-order valence-electron chi connectivity index (χ1n) is 7.02. The molecular formula is C17H18N2S. The quantitative estimate of drug-likeness (QED) is 0.699. The Morgan fingerprint density at radius 1 is 1.10 bits per heavy atom. The molecule has 0 aliphatic carbocycles. The van der Waals surface area contributed by atoms with E-state index in [2.05, 4.69) is 53.6 Å². The number of hydrogen-bond acceptors (Lipinski definition) is 3. The lowest BCUT2D eigenvalue weighted by atomic mass is 10.1. The fourth-order valence-electron chi connectivity index (χ4n) is 2.31. The Kier molecular flexibility index (Phi) is 4.09. The number of nitrogens with zero attached hydrogens (tertiary/aromatic N) is 1. The second kappa shape index (κ2) is 6.16. The Labute approximate surface area is 123 Å². The van der Waals surface area contributed by atoms with Crippen LogP contribution in [-0.2, 0) is 6.54 Å². The molecule has 0 amide bonds. The molecule has 2 aromatic heterocycles.